The molecule has 0 saturated carbocycles. The Hall–Kier alpha value is -2.08. The molecule has 23 heavy (non-hydrogen) atoms. The van der Waals surface area contributed by atoms with Gasteiger partial charge in [0.25, 0.3) is 5.56 Å². The van der Waals surface area contributed by atoms with Gasteiger partial charge in [-0.05, 0) is 56.3 Å². The molecule has 2 aliphatic rings. The van der Waals surface area contributed by atoms with E-state index in [0.717, 1.165) is 62.1 Å². The minimum absolute atomic E-state index is 0.0389. The lowest BCUT2D eigenvalue weighted by Crippen LogP contribution is -2.37. The van der Waals surface area contributed by atoms with E-state index in [1.165, 1.54) is 0 Å². The van der Waals surface area contributed by atoms with E-state index < -0.39 is 0 Å². The molecule has 1 unspecified atom stereocenters. The highest BCUT2D eigenvalue weighted by Gasteiger charge is 2.26. The molecule has 0 N–H and O–H groups in total. The van der Waals surface area contributed by atoms with E-state index in [1.807, 2.05) is 12.1 Å². The summed E-state index contributed by atoms with van der Waals surface area (Å²) in [5.74, 6) is 0. The van der Waals surface area contributed by atoms with Crippen molar-refractivity contribution in [1.29, 1.82) is 0 Å². The third kappa shape index (κ3) is 3.03. The van der Waals surface area contributed by atoms with Crippen LogP contribution in [-0.2, 0) is 25.9 Å². The summed E-state index contributed by atoms with van der Waals surface area (Å²) in [6, 6.07) is 6.06. The van der Waals surface area contributed by atoms with Crippen molar-refractivity contribution in [3.8, 4) is 0 Å². The lowest BCUT2D eigenvalue weighted by atomic mass is 10.2. The van der Waals surface area contributed by atoms with Crippen molar-refractivity contribution >= 4 is 0 Å². The number of rotatable bonds is 4. The summed E-state index contributed by atoms with van der Waals surface area (Å²) in [5.41, 5.74) is 3.28. The van der Waals surface area contributed by atoms with Crippen LogP contribution in [0.3, 0.4) is 0 Å². The number of fused-ring (bicyclic) bond motifs is 1. The molecule has 1 fully saturated rings. The van der Waals surface area contributed by atoms with Crippen LogP contribution in [0.5, 0.6) is 0 Å². The van der Waals surface area contributed by atoms with Gasteiger partial charge in [-0.25, -0.2) is 4.68 Å². The lowest BCUT2D eigenvalue weighted by molar-refractivity contribution is 0.213. The number of hydrogen-bond acceptors (Lipinski definition) is 5. The van der Waals surface area contributed by atoms with Gasteiger partial charge >= 0.3 is 0 Å². The molecule has 0 amide bonds. The topological polar surface area (TPSA) is 63.9 Å². The van der Waals surface area contributed by atoms with Gasteiger partial charge in [0, 0.05) is 24.8 Å². The van der Waals surface area contributed by atoms with Gasteiger partial charge < -0.3 is 0 Å². The number of likely N-dealkylation sites (tertiary alicyclic amines) is 1. The normalized spacial score (nSPS) is 20.8. The predicted molar refractivity (Wildman–Crippen MR) is 86.0 cm³/mol. The van der Waals surface area contributed by atoms with Crippen molar-refractivity contribution in [2.45, 2.75) is 51.2 Å². The molecule has 0 aromatic carbocycles. The van der Waals surface area contributed by atoms with Crippen LogP contribution in [0.15, 0.2) is 29.2 Å². The van der Waals surface area contributed by atoms with E-state index in [2.05, 4.69) is 20.2 Å². The monoisotopic (exact) mass is 311 g/mol. The maximum absolute atomic E-state index is 12.3. The molecule has 120 valence electrons. The lowest BCUT2D eigenvalue weighted by Gasteiger charge is -2.24. The molecule has 2 aromatic heterocycles. The highest BCUT2D eigenvalue weighted by Crippen LogP contribution is 2.21. The second-order valence-electron chi connectivity index (χ2n) is 6.47. The van der Waals surface area contributed by atoms with E-state index in [4.69, 9.17) is 0 Å². The molecule has 6 heteroatoms. The van der Waals surface area contributed by atoms with Gasteiger partial charge in [-0.2, -0.15) is 15.3 Å². The van der Waals surface area contributed by atoms with Gasteiger partial charge in [-0.15, -0.1) is 0 Å². The zero-order chi connectivity index (χ0) is 15.6. The molecule has 6 nitrogen and oxygen atoms in total. The molecular weight excluding hydrogens is 290 g/mol. The van der Waals surface area contributed by atoms with Gasteiger partial charge in [0.2, 0.25) is 0 Å². The summed E-state index contributed by atoms with van der Waals surface area (Å²) >= 11 is 0. The first-order valence-electron chi connectivity index (χ1n) is 8.40. The standard InChI is InChI=1S/C17H21N5O/c23-17-10-13-4-1-7-16(13)20-22(17)12-15-6-3-9-21(15)11-14-5-2-8-18-19-14/h2,5,8,10,15H,1,3-4,6-7,9,11-12H2. The maximum atomic E-state index is 12.3. The molecule has 1 aliphatic carbocycles. The Balaban J connectivity index is 1.50. The first kappa shape index (κ1) is 14.5. The Morgan fingerprint density at radius 3 is 3.09 bits per heavy atom. The molecule has 3 heterocycles. The molecule has 1 aliphatic heterocycles. The quantitative estimate of drug-likeness (QED) is 0.848. The first-order chi connectivity index (χ1) is 11.3. The fourth-order valence-corrected chi connectivity index (χ4v) is 3.71. The summed E-state index contributed by atoms with van der Waals surface area (Å²) in [7, 11) is 0. The minimum Gasteiger partial charge on any atom is -0.293 e. The number of hydrogen-bond donors (Lipinski definition) is 0. The van der Waals surface area contributed by atoms with E-state index >= 15 is 0 Å². The summed E-state index contributed by atoms with van der Waals surface area (Å²) < 4.78 is 1.67. The average Bonchev–Trinajstić information content (AvgIpc) is 3.18. The van der Waals surface area contributed by atoms with Gasteiger partial charge in [0.15, 0.2) is 0 Å². The third-order valence-corrected chi connectivity index (χ3v) is 4.90. The van der Waals surface area contributed by atoms with Gasteiger partial charge in [0.1, 0.15) is 0 Å². The number of aryl methyl sites for hydroxylation is 2. The van der Waals surface area contributed by atoms with Gasteiger partial charge in [-0.3, -0.25) is 9.69 Å². The molecule has 4 rings (SSSR count). The summed E-state index contributed by atoms with van der Waals surface area (Å²) in [5, 5.41) is 12.7. The van der Waals surface area contributed by atoms with Crippen LogP contribution in [0.25, 0.3) is 0 Å². The summed E-state index contributed by atoms with van der Waals surface area (Å²) in [6.45, 7) is 2.51. The highest BCUT2D eigenvalue weighted by molar-refractivity contribution is 5.22. The Bertz CT molecular complexity index is 742. The van der Waals surface area contributed by atoms with Crippen molar-refractivity contribution in [1.82, 2.24) is 24.9 Å². The Morgan fingerprint density at radius 2 is 2.22 bits per heavy atom. The first-order valence-corrected chi connectivity index (χ1v) is 8.40. The van der Waals surface area contributed by atoms with Crippen molar-refractivity contribution in [2.75, 3.05) is 6.54 Å². The summed E-state index contributed by atoms with van der Waals surface area (Å²) in [4.78, 5) is 14.7. The molecule has 1 atom stereocenters. The largest absolute Gasteiger partial charge is 0.293 e. The molecule has 0 bridgehead atoms. The SMILES string of the molecule is O=c1cc2c(nn1CC1CCCN1Cc1cccnn1)CCC2. The number of aromatic nitrogens is 4. The predicted octanol–water partition coefficient (Wildman–Crippen LogP) is 1.19. The van der Waals surface area contributed by atoms with Crippen LogP contribution < -0.4 is 5.56 Å². The third-order valence-electron chi connectivity index (χ3n) is 4.90. The van der Waals surface area contributed by atoms with Crippen LogP contribution in [0.2, 0.25) is 0 Å². The van der Waals surface area contributed by atoms with Crippen LogP contribution in [0.1, 0.15) is 36.2 Å². The molecule has 1 saturated heterocycles. The molecular formula is C17H21N5O. The van der Waals surface area contributed by atoms with Crippen molar-refractivity contribution in [2.24, 2.45) is 0 Å². The van der Waals surface area contributed by atoms with E-state index in [9.17, 15) is 4.79 Å². The van der Waals surface area contributed by atoms with Crippen molar-refractivity contribution < 1.29 is 0 Å². The van der Waals surface area contributed by atoms with Crippen molar-refractivity contribution in [3.05, 3.63) is 51.7 Å². The van der Waals surface area contributed by atoms with Crippen molar-refractivity contribution in [3.63, 3.8) is 0 Å². The van der Waals surface area contributed by atoms with Gasteiger partial charge in [-0.1, -0.05) is 0 Å². The van der Waals surface area contributed by atoms with E-state index in [0.29, 0.717) is 12.6 Å². The molecule has 0 radical (unpaired) electrons. The van der Waals surface area contributed by atoms with Gasteiger partial charge in [0.05, 0.1) is 17.9 Å². The second kappa shape index (κ2) is 6.20. The Labute approximate surface area is 135 Å². The maximum Gasteiger partial charge on any atom is 0.267 e. The number of nitrogens with zero attached hydrogens (tertiary/aromatic N) is 5. The second-order valence-corrected chi connectivity index (χ2v) is 6.47. The zero-order valence-electron chi connectivity index (χ0n) is 13.2. The zero-order valence-corrected chi connectivity index (χ0v) is 13.2. The van der Waals surface area contributed by atoms with Crippen LogP contribution >= 0.6 is 0 Å². The van der Waals surface area contributed by atoms with Crippen LogP contribution in [-0.4, -0.2) is 37.5 Å². The van der Waals surface area contributed by atoms with Crippen LogP contribution in [0, 0.1) is 0 Å². The Morgan fingerprint density at radius 1 is 1.26 bits per heavy atom. The molecule has 2 aromatic rings. The van der Waals surface area contributed by atoms with Crippen LogP contribution in [0.4, 0.5) is 0 Å². The highest BCUT2D eigenvalue weighted by atomic mass is 16.1. The summed E-state index contributed by atoms with van der Waals surface area (Å²) in [6.07, 6.45) is 7.08. The average molecular weight is 311 g/mol. The van der Waals surface area contributed by atoms with E-state index in [1.54, 1.807) is 16.9 Å². The fraction of sp³-hybridized carbons (Fsp3) is 0.529. The van der Waals surface area contributed by atoms with E-state index in [-0.39, 0.29) is 5.56 Å². The smallest absolute Gasteiger partial charge is 0.267 e. The fourth-order valence-electron chi connectivity index (χ4n) is 3.71. The minimum atomic E-state index is 0.0389. The Kier molecular flexibility index (Phi) is 3.91. The molecule has 0 spiro atoms.